The van der Waals surface area contributed by atoms with Crippen LogP contribution in [-0.2, 0) is 16.1 Å². The number of nitrogens with two attached hydrogens (primary N) is 1. The second-order valence-electron chi connectivity index (χ2n) is 5.36. The van der Waals surface area contributed by atoms with Crippen molar-refractivity contribution in [1.29, 1.82) is 0 Å². The van der Waals surface area contributed by atoms with Crippen molar-refractivity contribution in [3.63, 3.8) is 0 Å². The summed E-state index contributed by atoms with van der Waals surface area (Å²) in [6, 6.07) is 5.81. The SMILES string of the molecule is COc1ccc(COC2CCCC(OC)C2)cc1C(N)=S. The lowest BCUT2D eigenvalue weighted by molar-refractivity contribution is -0.0363. The van der Waals surface area contributed by atoms with E-state index in [1.807, 2.05) is 18.2 Å². The molecule has 0 bridgehead atoms. The second-order valence-corrected chi connectivity index (χ2v) is 5.80. The highest BCUT2D eigenvalue weighted by Gasteiger charge is 2.22. The van der Waals surface area contributed by atoms with Gasteiger partial charge < -0.3 is 19.9 Å². The molecule has 1 fully saturated rings. The zero-order valence-electron chi connectivity index (χ0n) is 12.6. The molecule has 2 rings (SSSR count). The highest BCUT2D eigenvalue weighted by atomic mass is 32.1. The van der Waals surface area contributed by atoms with Gasteiger partial charge in [-0.05, 0) is 43.4 Å². The lowest BCUT2D eigenvalue weighted by Crippen LogP contribution is -2.27. The highest BCUT2D eigenvalue weighted by molar-refractivity contribution is 7.80. The Hall–Kier alpha value is -1.17. The maximum Gasteiger partial charge on any atom is 0.129 e. The van der Waals surface area contributed by atoms with Gasteiger partial charge in [-0.15, -0.1) is 0 Å². The minimum Gasteiger partial charge on any atom is -0.496 e. The fourth-order valence-electron chi connectivity index (χ4n) is 2.72. The molecule has 0 heterocycles. The molecule has 0 aromatic heterocycles. The number of hydrogen-bond acceptors (Lipinski definition) is 4. The Morgan fingerprint density at radius 1 is 1.29 bits per heavy atom. The summed E-state index contributed by atoms with van der Waals surface area (Å²) in [7, 11) is 3.38. The van der Waals surface area contributed by atoms with Crippen LogP contribution in [0.2, 0.25) is 0 Å². The van der Waals surface area contributed by atoms with Gasteiger partial charge in [-0.1, -0.05) is 18.3 Å². The number of rotatable bonds is 6. The third-order valence-electron chi connectivity index (χ3n) is 3.93. The molecule has 2 atom stereocenters. The first kappa shape index (κ1) is 16.2. The first-order valence-corrected chi connectivity index (χ1v) is 7.66. The molecule has 2 unspecified atom stereocenters. The Balaban J connectivity index is 1.97. The number of benzene rings is 1. The monoisotopic (exact) mass is 309 g/mol. The Labute approximate surface area is 131 Å². The van der Waals surface area contributed by atoms with Gasteiger partial charge >= 0.3 is 0 Å². The standard InChI is InChI=1S/C16H23NO3S/c1-18-12-4-3-5-13(9-12)20-10-11-6-7-15(19-2)14(8-11)16(17)21/h6-8,12-13H,3-5,9-10H2,1-2H3,(H2,17,21). The van der Waals surface area contributed by atoms with Crippen LogP contribution in [0, 0.1) is 0 Å². The number of hydrogen-bond donors (Lipinski definition) is 1. The van der Waals surface area contributed by atoms with E-state index in [2.05, 4.69) is 0 Å². The Morgan fingerprint density at radius 2 is 2.05 bits per heavy atom. The van der Waals surface area contributed by atoms with Crippen LogP contribution in [0.15, 0.2) is 18.2 Å². The molecule has 1 aliphatic rings. The predicted octanol–water partition coefficient (Wildman–Crippen LogP) is 2.80. The van der Waals surface area contributed by atoms with Crippen molar-refractivity contribution < 1.29 is 14.2 Å². The molecule has 1 aromatic carbocycles. The van der Waals surface area contributed by atoms with E-state index in [1.54, 1.807) is 14.2 Å². The van der Waals surface area contributed by atoms with E-state index in [4.69, 9.17) is 32.2 Å². The molecule has 4 nitrogen and oxygen atoms in total. The smallest absolute Gasteiger partial charge is 0.129 e. The zero-order valence-corrected chi connectivity index (χ0v) is 13.4. The first-order valence-electron chi connectivity index (χ1n) is 7.25. The van der Waals surface area contributed by atoms with Gasteiger partial charge in [-0.3, -0.25) is 0 Å². The van der Waals surface area contributed by atoms with Crippen LogP contribution in [0.4, 0.5) is 0 Å². The average Bonchev–Trinajstić information content (AvgIpc) is 2.52. The summed E-state index contributed by atoms with van der Waals surface area (Å²) in [6.07, 6.45) is 4.94. The van der Waals surface area contributed by atoms with Gasteiger partial charge in [0, 0.05) is 7.11 Å². The van der Waals surface area contributed by atoms with Crippen LogP contribution in [0.1, 0.15) is 36.8 Å². The summed E-state index contributed by atoms with van der Waals surface area (Å²) in [4.78, 5) is 0.339. The number of methoxy groups -OCH3 is 2. The van der Waals surface area contributed by atoms with Crippen LogP contribution in [0.25, 0.3) is 0 Å². The third-order valence-corrected chi connectivity index (χ3v) is 4.15. The fraction of sp³-hybridized carbons (Fsp3) is 0.562. The van der Waals surface area contributed by atoms with Crippen LogP contribution in [-0.4, -0.2) is 31.4 Å². The van der Waals surface area contributed by atoms with Crippen molar-refractivity contribution >= 4 is 17.2 Å². The van der Waals surface area contributed by atoms with E-state index in [1.165, 1.54) is 0 Å². The molecule has 21 heavy (non-hydrogen) atoms. The van der Waals surface area contributed by atoms with E-state index in [0.29, 0.717) is 23.4 Å². The summed E-state index contributed by atoms with van der Waals surface area (Å²) >= 11 is 5.06. The Kier molecular flexibility index (Phi) is 5.96. The van der Waals surface area contributed by atoms with Crippen LogP contribution in [0.5, 0.6) is 5.75 Å². The summed E-state index contributed by atoms with van der Waals surface area (Å²) < 4.78 is 16.7. The quantitative estimate of drug-likeness (QED) is 0.819. The summed E-state index contributed by atoms with van der Waals surface area (Å²) in [5.74, 6) is 0.698. The number of ether oxygens (including phenoxy) is 3. The Bertz CT molecular complexity index is 492. The molecule has 0 radical (unpaired) electrons. The summed E-state index contributed by atoms with van der Waals surface area (Å²) in [6.45, 7) is 0.556. The summed E-state index contributed by atoms with van der Waals surface area (Å²) in [5.41, 5.74) is 7.54. The minimum absolute atomic E-state index is 0.263. The average molecular weight is 309 g/mol. The van der Waals surface area contributed by atoms with Gasteiger partial charge in [0.15, 0.2) is 0 Å². The molecule has 2 N–H and O–H groups in total. The van der Waals surface area contributed by atoms with Crippen molar-refractivity contribution in [3.05, 3.63) is 29.3 Å². The second kappa shape index (κ2) is 7.73. The van der Waals surface area contributed by atoms with E-state index in [9.17, 15) is 0 Å². The van der Waals surface area contributed by atoms with Crippen LogP contribution in [0.3, 0.4) is 0 Å². The van der Waals surface area contributed by atoms with Crippen molar-refractivity contribution in [1.82, 2.24) is 0 Å². The molecule has 0 aliphatic heterocycles. The van der Waals surface area contributed by atoms with Gasteiger partial charge in [-0.25, -0.2) is 0 Å². The predicted molar refractivity (Wildman–Crippen MR) is 86.7 cm³/mol. The van der Waals surface area contributed by atoms with E-state index < -0.39 is 0 Å². The van der Waals surface area contributed by atoms with E-state index in [-0.39, 0.29) is 6.10 Å². The van der Waals surface area contributed by atoms with Gasteiger partial charge in [0.25, 0.3) is 0 Å². The topological polar surface area (TPSA) is 53.7 Å². The normalized spacial score (nSPS) is 22.0. The van der Waals surface area contributed by atoms with Crippen LogP contribution < -0.4 is 10.5 Å². The summed E-state index contributed by atoms with van der Waals surface area (Å²) in [5, 5.41) is 0. The molecular weight excluding hydrogens is 286 g/mol. The fourth-order valence-corrected chi connectivity index (χ4v) is 2.88. The zero-order chi connectivity index (χ0) is 15.2. The lowest BCUT2D eigenvalue weighted by atomic mass is 9.95. The van der Waals surface area contributed by atoms with Gasteiger partial charge in [0.1, 0.15) is 10.7 Å². The van der Waals surface area contributed by atoms with E-state index >= 15 is 0 Å². The molecule has 1 saturated carbocycles. The molecule has 116 valence electrons. The van der Waals surface area contributed by atoms with E-state index in [0.717, 1.165) is 36.8 Å². The maximum atomic E-state index is 6.00. The highest BCUT2D eigenvalue weighted by Crippen LogP contribution is 2.25. The van der Waals surface area contributed by atoms with Crippen molar-refractivity contribution in [2.45, 2.75) is 44.5 Å². The molecule has 0 spiro atoms. The maximum absolute atomic E-state index is 6.00. The third kappa shape index (κ3) is 4.40. The molecule has 1 aromatic rings. The molecule has 5 heteroatoms. The first-order chi connectivity index (χ1) is 10.1. The lowest BCUT2D eigenvalue weighted by Gasteiger charge is -2.28. The largest absolute Gasteiger partial charge is 0.496 e. The molecule has 0 saturated heterocycles. The number of thiocarbonyl (C=S) groups is 1. The minimum atomic E-state index is 0.263. The van der Waals surface area contributed by atoms with Crippen molar-refractivity contribution in [2.24, 2.45) is 5.73 Å². The molecule has 1 aliphatic carbocycles. The molecule has 0 amide bonds. The van der Waals surface area contributed by atoms with Gasteiger partial charge in [0.05, 0.1) is 31.5 Å². The van der Waals surface area contributed by atoms with Crippen molar-refractivity contribution in [2.75, 3.05) is 14.2 Å². The van der Waals surface area contributed by atoms with Gasteiger partial charge in [-0.2, -0.15) is 0 Å². The van der Waals surface area contributed by atoms with Crippen LogP contribution >= 0.6 is 12.2 Å². The molecular formula is C16H23NO3S. The van der Waals surface area contributed by atoms with Gasteiger partial charge in [0.2, 0.25) is 0 Å². The Morgan fingerprint density at radius 3 is 2.71 bits per heavy atom. The van der Waals surface area contributed by atoms with Crippen molar-refractivity contribution in [3.8, 4) is 5.75 Å².